The van der Waals surface area contributed by atoms with E-state index in [9.17, 15) is 14.4 Å². The van der Waals surface area contributed by atoms with Crippen LogP contribution in [0.2, 0.25) is 0 Å². The van der Waals surface area contributed by atoms with Crippen LogP contribution in [0.3, 0.4) is 0 Å². The average Bonchev–Trinajstić information content (AvgIpc) is 3.17. The van der Waals surface area contributed by atoms with Gasteiger partial charge in [-0.25, -0.2) is 14.6 Å². The van der Waals surface area contributed by atoms with Crippen molar-refractivity contribution in [1.29, 1.82) is 0 Å². The third-order valence-corrected chi connectivity index (χ3v) is 3.47. The second-order valence-electron chi connectivity index (χ2n) is 5.88. The number of H-pyrrole nitrogens is 1. The number of ketones is 1. The van der Waals surface area contributed by atoms with Gasteiger partial charge in [-0.15, -0.1) is 0 Å². The maximum atomic E-state index is 10.9. The fourth-order valence-corrected chi connectivity index (χ4v) is 2.09. The summed E-state index contributed by atoms with van der Waals surface area (Å²) >= 11 is 0. The number of benzene rings is 1. The topological polar surface area (TPSA) is 130 Å². The lowest BCUT2D eigenvalue weighted by Gasteiger charge is -2.06. The van der Waals surface area contributed by atoms with E-state index in [0.29, 0.717) is 25.2 Å². The largest absolute Gasteiger partial charge is 0.494 e. The quantitative estimate of drug-likeness (QED) is 0.421. The molecule has 1 aromatic heterocycles. The molecule has 0 atom stereocenters. The summed E-state index contributed by atoms with van der Waals surface area (Å²) in [5.74, 6) is -1.41. The third kappa shape index (κ3) is 11.2. The van der Waals surface area contributed by atoms with Gasteiger partial charge < -0.3 is 24.7 Å². The molecule has 28 heavy (non-hydrogen) atoms. The molecule has 0 saturated heterocycles. The second kappa shape index (κ2) is 12.9. The Bertz CT molecular complexity index is 751. The van der Waals surface area contributed by atoms with Gasteiger partial charge >= 0.3 is 11.9 Å². The number of nitrogens with zero attached hydrogens (tertiary/aromatic N) is 1. The van der Waals surface area contributed by atoms with E-state index < -0.39 is 11.9 Å². The zero-order chi connectivity index (χ0) is 20.8. The van der Waals surface area contributed by atoms with E-state index in [4.69, 9.17) is 14.9 Å². The molecule has 0 aliphatic carbocycles. The van der Waals surface area contributed by atoms with Crippen molar-refractivity contribution >= 4 is 17.7 Å². The normalized spacial score (nSPS) is 10.2. The van der Waals surface area contributed by atoms with E-state index >= 15 is 0 Å². The number of imidazole rings is 1. The van der Waals surface area contributed by atoms with E-state index in [0.717, 1.165) is 30.7 Å². The van der Waals surface area contributed by atoms with Gasteiger partial charge in [-0.1, -0.05) is 12.1 Å². The van der Waals surface area contributed by atoms with E-state index in [1.54, 1.807) is 13.3 Å². The van der Waals surface area contributed by atoms with Gasteiger partial charge in [0.1, 0.15) is 11.5 Å². The lowest BCUT2D eigenvalue weighted by molar-refractivity contribution is -0.134. The minimum atomic E-state index is -1.26. The SMILES string of the molecule is CC(=O)CCc1ccc(OCCCc2cnc[nH]2)cc1.O=C(O)/C=C\C(=O)O. The molecule has 3 N–H and O–H groups in total. The number of aryl methyl sites for hydroxylation is 2. The number of carbonyl (C=O) groups is 3. The summed E-state index contributed by atoms with van der Waals surface area (Å²) in [6.07, 6.45) is 7.94. The highest BCUT2D eigenvalue weighted by molar-refractivity contribution is 5.89. The Balaban J connectivity index is 0.000000416. The fraction of sp³-hybridized carbons (Fsp3) is 0.300. The van der Waals surface area contributed by atoms with Crippen LogP contribution < -0.4 is 4.74 Å². The van der Waals surface area contributed by atoms with E-state index in [1.807, 2.05) is 30.5 Å². The third-order valence-electron chi connectivity index (χ3n) is 3.47. The van der Waals surface area contributed by atoms with Crippen LogP contribution in [0.4, 0.5) is 0 Å². The summed E-state index contributed by atoms with van der Waals surface area (Å²) in [6.45, 7) is 2.31. The molecule has 0 fully saturated rings. The number of hydrogen-bond acceptors (Lipinski definition) is 5. The van der Waals surface area contributed by atoms with Crippen molar-refractivity contribution in [2.24, 2.45) is 0 Å². The van der Waals surface area contributed by atoms with Crippen LogP contribution in [0, 0.1) is 0 Å². The van der Waals surface area contributed by atoms with Crippen molar-refractivity contribution in [2.45, 2.75) is 32.6 Å². The van der Waals surface area contributed by atoms with Crippen LogP contribution in [-0.2, 0) is 27.2 Å². The lowest BCUT2D eigenvalue weighted by Crippen LogP contribution is -2.00. The summed E-state index contributed by atoms with van der Waals surface area (Å²) in [5.41, 5.74) is 2.30. The Labute approximate surface area is 162 Å². The zero-order valence-electron chi connectivity index (χ0n) is 15.6. The zero-order valence-corrected chi connectivity index (χ0v) is 15.6. The van der Waals surface area contributed by atoms with Crippen molar-refractivity contribution in [3.05, 3.63) is 60.2 Å². The maximum Gasteiger partial charge on any atom is 0.328 e. The monoisotopic (exact) mass is 388 g/mol. The van der Waals surface area contributed by atoms with Crippen LogP contribution in [0.1, 0.15) is 31.0 Å². The second-order valence-corrected chi connectivity index (χ2v) is 5.88. The molecule has 0 unspecified atom stereocenters. The molecular weight excluding hydrogens is 364 g/mol. The van der Waals surface area contributed by atoms with Crippen molar-refractivity contribution in [3.63, 3.8) is 0 Å². The molecule has 8 heteroatoms. The predicted molar refractivity (Wildman–Crippen MR) is 102 cm³/mol. The number of aromatic nitrogens is 2. The molecule has 1 aromatic carbocycles. The Morgan fingerprint density at radius 2 is 1.71 bits per heavy atom. The summed E-state index contributed by atoms with van der Waals surface area (Å²) in [7, 11) is 0. The highest BCUT2D eigenvalue weighted by Crippen LogP contribution is 2.14. The minimum absolute atomic E-state index is 0.226. The van der Waals surface area contributed by atoms with Gasteiger partial charge in [-0.3, -0.25) is 0 Å². The first kappa shape index (κ1) is 22.6. The molecule has 2 rings (SSSR count). The molecule has 8 nitrogen and oxygen atoms in total. The van der Waals surface area contributed by atoms with Gasteiger partial charge in [-0.05, 0) is 43.9 Å². The number of carbonyl (C=O) groups excluding carboxylic acids is 1. The highest BCUT2D eigenvalue weighted by Gasteiger charge is 1.99. The summed E-state index contributed by atoms with van der Waals surface area (Å²) < 4.78 is 5.68. The molecule has 0 saturated carbocycles. The number of nitrogens with one attached hydrogen (secondary N) is 1. The Morgan fingerprint density at radius 1 is 1.07 bits per heavy atom. The number of carboxylic acid groups (broad SMARTS) is 2. The Kier molecular flexibility index (Phi) is 10.4. The van der Waals surface area contributed by atoms with E-state index in [-0.39, 0.29) is 5.78 Å². The molecule has 0 amide bonds. The van der Waals surface area contributed by atoms with Gasteiger partial charge in [0.15, 0.2) is 0 Å². The van der Waals surface area contributed by atoms with Crippen molar-refractivity contribution in [1.82, 2.24) is 9.97 Å². The van der Waals surface area contributed by atoms with Gasteiger partial charge in [0, 0.05) is 30.5 Å². The Hall–Kier alpha value is -3.42. The molecule has 2 aromatic rings. The summed E-state index contributed by atoms with van der Waals surface area (Å²) in [6, 6.07) is 7.97. The van der Waals surface area contributed by atoms with Gasteiger partial charge in [0.25, 0.3) is 0 Å². The van der Waals surface area contributed by atoms with Gasteiger partial charge in [-0.2, -0.15) is 0 Å². The average molecular weight is 388 g/mol. The maximum absolute atomic E-state index is 10.9. The van der Waals surface area contributed by atoms with E-state index in [2.05, 4.69) is 9.97 Å². The smallest absolute Gasteiger partial charge is 0.328 e. The summed E-state index contributed by atoms with van der Waals surface area (Å²) in [5, 5.41) is 15.6. The standard InChI is InChI=1S/C16H20N2O2.C4H4O4/c1-13(19)4-5-14-6-8-16(9-7-14)20-10-2-3-15-11-17-12-18-15;5-3(6)1-2-4(7)8/h6-9,11-12H,2-5,10H2,1H3,(H,17,18);1-2H,(H,5,6)(H,7,8)/b;2-1-. The highest BCUT2D eigenvalue weighted by atomic mass is 16.5. The van der Waals surface area contributed by atoms with Crippen LogP contribution in [0.25, 0.3) is 0 Å². The van der Waals surface area contributed by atoms with Crippen LogP contribution in [-0.4, -0.2) is 44.5 Å². The van der Waals surface area contributed by atoms with E-state index in [1.165, 1.54) is 5.56 Å². The minimum Gasteiger partial charge on any atom is -0.494 e. The van der Waals surface area contributed by atoms with Gasteiger partial charge in [0.2, 0.25) is 0 Å². The molecule has 0 bridgehead atoms. The molecule has 1 heterocycles. The first-order valence-corrected chi connectivity index (χ1v) is 8.69. The van der Waals surface area contributed by atoms with Crippen LogP contribution in [0.5, 0.6) is 5.75 Å². The van der Waals surface area contributed by atoms with Crippen molar-refractivity contribution < 1.29 is 29.3 Å². The molecule has 0 aliphatic rings. The first-order chi connectivity index (χ1) is 13.4. The summed E-state index contributed by atoms with van der Waals surface area (Å²) in [4.78, 5) is 37.1. The number of aromatic amines is 1. The number of hydrogen-bond donors (Lipinski definition) is 3. The molecule has 0 aliphatic heterocycles. The van der Waals surface area contributed by atoms with Crippen LogP contribution >= 0.6 is 0 Å². The molecule has 0 radical (unpaired) electrons. The fourth-order valence-electron chi connectivity index (χ4n) is 2.09. The number of ether oxygens (including phenoxy) is 1. The number of carboxylic acids is 2. The number of rotatable bonds is 10. The first-order valence-electron chi connectivity index (χ1n) is 8.69. The van der Waals surface area contributed by atoms with Gasteiger partial charge in [0.05, 0.1) is 12.9 Å². The van der Waals surface area contributed by atoms with Crippen LogP contribution in [0.15, 0.2) is 48.9 Å². The van der Waals surface area contributed by atoms with Crippen molar-refractivity contribution in [2.75, 3.05) is 6.61 Å². The van der Waals surface area contributed by atoms with Crippen molar-refractivity contribution in [3.8, 4) is 5.75 Å². The molecule has 150 valence electrons. The lowest BCUT2D eigenvalue weighted by atomic mass is 10.1. The Morgan fingerprint density at radius 3 is 2.21 bits per heavy atom. The molecular formula is C20H24N2O6. The number of Topliss-reactive ketones (excluding diaryl/α,β-unsaturated/α-hetero) is 1. The predicted octanol–water partition coefficient (Wildman–Crippen LogP) is 2.65. The number of aliphatic carboxylic acids is 2. The molecule has 0 spiro atoms.